The summed E-state index contributed by atoms with van der Waals surface area (Å²) in [7, 11) is 0. The van der Waals surface area contributed by atoms with E-state index in [-0.39, 0.29) is 12.6 Å². The predicted octanol–water partition coefficient (Wildman–Crippen LogP) is 2.61. The normalized spacial score (nSPS) is 20.5. The van der Waals surface area contributed by atoms with Gasteiger partial charge in [-0.05, 0) is 18.4 Å². The highest BCUT2D eigenvalue weighted by molar-refractivity contribution is 5.85. The zero-order valence-corrected chi connectivity index (χ0v) is 14.1. The molecule has 0 radical (unpaired) electrons. The molecular weight excluding hydrogens is 306 g/mol. The maximum absolute atomic E-state index is 12.4. The van der Waals surface area contributed by atoms with E-state index in [1.165, 1.54) is 0 Å². The summed E-state index contributed by atoms with van der Waals surface area (Å²) in [5.74, 6) is -1.37. The van der Waals surface area contributed by atoms with Crippen molar-refractivity contribution in [3.8, 4) is 0 Å². The minimum Gasteiger partial charge on any atom is -0.465 e. The molecule has 1 aliphatic heterocycles. The first-order valence-electron chi connectivity index (χ1n) is 8.39. The minimum absolute atomic E-state index is 0.191. The van der Waals surface area contributed by atoms with Gasteiger partial charge >= 0.3 is 11.9 Å². The fourth-order valence-corrected chi connectivity index (χ4v) is 2.61. The Hall–Kier alpha value is -2.14. The van der Waals surface area contributed by atoms with Crippen LogP contribution in [0.5, 0.6) is 0 Å². The van der Waals surface area contributed by atoms with Crippen LogP contribution in [-0.4, -0.2) is 31.1 Å². The van der Waals surface area contributed by atoms with E-state index in [4.69, 9.17) is 9.47 Å². The SMILES string of the molecule is C=C1CN[C@H](C(=O)OCc2ccccc2)[C@@H](C(=O)OCCCC)C1. The van der Waals surface area contributed by atoms with Gasteiger partial charge in [-0.2, -0.15) is 0 Å². The van der Waals surface area contributed by atoms with Gasteiger partial charge in [0.1, 0.15) is 12.6 Å². The smallest absolute Gasteiger partial charge is 0.324 e. The van der Waals surface area contributed by atoms with Gasteiger partial charge in [-0.25, -0.2) is 0 Å². The molecule has 0 bridgehead atoms. The van der Waals surface area contributed by atoms with E-state index in [1.54, 1.807) is 0 Å². The van der Waals surface area contributed by atoms with Crippen molar-refractivity contribution in [2.45, 2.75) is 38.8 Å². The molecular formula is C19H25NO4. The highest BCUT2D eigenvalue weighted by atomic mass is 16.5. The first-order chi connectivity index (χ1) is 11.6. The summed E-state index contributed by atoms with van der Waals surface area (Å²) in [5.41, 5.74) is 1.80. The molecule has 0 amide bonds. The number of hydrogen-bond donors (Lipinski definition) is 1. The summed E-state index contributed by atoms with van der Waals surface area (Å²) < 4.78 is 10.7. The molecule has 0 saturated carbocycles. The van der Waals surface area contributed by atoms with E-state index < -0.39 is 17.9 Å². The van der Waals surface area contributed by atoms with E-state index in [1.807, 2.05) is 37.3 Å². The number of ether oxygens (including phenoxy) is 2. The number of nitrogens with one attached hydrogen (secondary N) is 1. The molecule has 0 aliphatic carbocycles. The average molecular weight is 331 g/mol. The molecule has 0 spiro atoms. The van der Waals surface area contributed by atoms with Gasteiger partial charge in [0, 0.05) is 6.54 Å². The van der Waals surface area contributed by atoms with E-state index in [9.17, 15) is 9.59 Å². The fraction of sp³-hybridized carbons (Fsp3) is 0.474. The van der Waals surface area contributed by atoms with Gasteiger partial charge in [-0.3, -0.25) is 14.9 Å². The van der Waals surface area contributed by atoms with Crippen molar-refractivity contribution in [3.05, 3.63) is 48.0 Å². The maximum atomic E-state index is 12.4. The van der Waals surface area contributed by atoms with Crippen molar-refractivity contribution in [2.75, 3.05) is 13.2 Å². The van der Waals surface area contributed by atoms with Gasteiger partial charge in [0.05, 0.1) is 12.5 Å². The first kappa shape index (κ1) is 18.2. The zero-order valence-electron chi connectivity index (χ0n) is 14.1. The molecule has 130 valence electrons. The second-order valence-corrected chi connectivity index (χ2v) is 6.03. The molecule has 1 N–H and O–H groups in total. The second kappa shape index (κ2) is 9.23. The largest absolute Gasteiger partial charge is 0.465 e. The molecule has 1 aromatic carbocycles. The van der Waals surface area contributed by atoms with Crippen LogP contribution < -0.4 is 5.32 Å². The number of carbonyl (C=O) groups is 2. The standard InChI is InChI=1S/C19H25NO4/c1-3-4-10-23-18(21)16-11-14(2)12-20-17(16)19(22)24-13-15-8-6-5-7-9-15/h5-9,16-17,20H,2-4,10-13H2,1H3/t16-,17-/m0/s1. The van der Waals surface area contributed by atoms with Crippen molar-refractivity contribution in [1.29, 1.82) is 0 Å². The Labute approximate surface area is 143 Å². The Balaban J connectivity index is 1.94. The van der Waals surface area contributed by atoms with Crippen LogP contribution in [0.15, 0.2) is 42.5 Å². The van der Waals surface area contributed by atoms with E-state index >= 15 is 0 Å². The summed E-state index contributed by atoms with van der Waals surface area (Å²) in [6.07, 6.45) is 2.21. The molecule has 2 atom stereocenters. The zero-order chi connectivity index (χ0) is 17.4. The number of unbranched alkanes of at least 4 members (excludes halogenated alkanes) is 1. The number of carbonyl (C=O) groups excluding carboxylic acids is 2. The summed E-state index contributed by atoms with van der Waals surface area (Å²) in [6, 6.07) is 8.77. The number of hydrogen-bond acceptors (Lipinski definition) is 5. The van der Waals surface area contributed by atoms with Crippen molar-refractivity contribution in [3.63, 3.8) is 0 Å². The Morgan fingerprint density at radius 2 is 1.96 bits per heavy atom. The average Bonchev–Trinajstić information content (AvgIpc) is 2.60. The van der Waals surface area contributed by atoms with Crippen LogP contribution in [0.2, 0.25) is 0 Å². The van der Waals surface area contributed by atoms with E-state index in [0.29, 0.717) is 19.6 Å². The molecule has 1 fully saturated rings. The topological polar surface area (TPSA) is 64.6 Å². The van der Waals surface area contributed by atoms with Gasteiger partial charge < -0.3 is 9.47 Å². The van der Waals surface area contributed by atoms with Crippen LogP contribution in [0, 0.1) is 5.92 Å². The van der Waals surface area contributed by atoms with Gasteiger partial charge in [0.2, 0.25) is 0 Å². The predicted molar refractivity (Wildman–Crippen MR) is 91.1 cm³/mol. The van der Waals surface area contributed by atoms with Crippen LogP contribution >= 0.6 is 0 Å². The lowest BCUT2D eigenvalue weighted by Gasteiger charge is -2.30. The Morgan fingerprint density at radius 3 is 2.67 bits per heavy atom. The van der Waals surface area contributed by atoms with Crippen LogP contribution in [0.4, 0.5) is 0 Å². The summed E-state index contributed by atoms with van der Waals surface area (Å²) in [4.78, 5) is 24.7. The van der Waals surface area contributed by atoms with Crippen molar-refractivity contribution < 1.29 is 19.1 Å². The maximum Gasteiger partial charge on any atom is 0.324 e. The molecule has 0 unspecified atom stereocenters. The molecule has 5 heteroatoms. The molecule has 0 aromatic heterocycles. The lowest BCUT2D eigenvalue weighted by atomic mass is 9.88. The molecule has 1 saturated heterocycles. The van der Waals surface area contributed by atoms with Crippen molar-refractivity contribution in [1.82, 2.24) is 5.32 Å². The quantitative estimate of drug-likeness (QED) is 0.473. The van der Waals surface area contributed by atoms with Crippen LogP contribution in [-0.2, 0) is 25.7 Å². The van der Waals surface area contributed by atoms with Crippen molar-refractivity contribution >= 4 is 11.9 Å². The third-order valence-corrected chi connectivity index (χ3v) is 4.01. The molecule has 1 aromatic rings. The van der Waals surface area contributed by atoms with Crippen LogP contribution in [0.3, 0.4) is 0 Å². The Kier molecular flexibility index (Phi) is 7.00. The van der Waals surface area contributed by atoms with Gasteiger partial charge in [-0.15, -0.1) is 0 Å². The lowest BCUT2D eigenvalue weighted by Crippen LogP contribution is -2.51. The summed E-state index contributed by atoms with van der Waals surface area (Å²) in [6.45, 7) is 7.01. The highest BCUT2D eigenvalue weighted by Gasteiger charge is 2.38. The molecule has 24 heavy (non-hydrogen) atoms. The first-order valence-corrected chi connectivity index (χ1v) is 8.39. The lowest BCUT2D eigenvalue weighted by molar-refractivity contribution is -0.159. The summed E-state index contributed by atoms with van der Waals surface area (Å²) in [5, 5.41) is 3.05. The van der Waals surface area contributed by atoms with Crippen molar-refractivity contribution in [2.24, 2.45) is 5.92 Å². The Morgan fingerprint density at radius 1 is 1.21 bits per heavy atom. The van der Waals surface area contributed by atoms with Gasteiger partial charge in [0.15, 0.2) is 0 Å². The third kappa shape index (κ3) is 5.20. The fourth-order valence-electron chi connectivity index (χ4n) is 2.61. The number of esters is 2. The minimum atomic E-state index is -0.687. The highest BCUT2D eigenvalue weighted by Crippen LogP contribution is 2.22. The molecule has 5 nitrogen and oxygen atoms in total. The molecule has 1 heterocycles. The third-order valence-electron chi connectivity index (χ3n) is 4.01. The Bertz CT molecular complexity index is 570. The second-order valence-electron chi connectivity index (χ2n) is 6.03. The molecule has 1 aliphatic rings. The van der Waals surface area contributed by atoms with Crippen LogP contribution in [0.1, 0.15) is 31.7 Å². The van der Waals surface area contributed by atoms with E-state index in [2.05, 4.69) is 11.9 Å². The molecule has 2 rings (SSSR count). The van der Waals surface area contributed by atoms with Gasteiger partial charge in [0.25, 0.3) is 0 Å². The van der Waals surface area contributed by atoms with Crippen LogP contribution in [0.25, 0.3) is 0 Å². The number of benzene rings is 1. The number of piperidine rings is 1. The summed E-state index contributed by atoms with van der Waals surface area (Å²) >= 11 is 0. The van der Waals surface area contributed by atoms with E-state index in [0.717, 1.165) is 24.0 Å². The monoisotopic (exact) mass is 331 g/mol. The number of rotatable bonds is 7. The van der Waals surface area contributed by atoms with Gasteiger partial charge in [-0.1, -0.05) is 55.8 Å².